The first-order chi connectivity index (χ1) is 19.3. The summed E-state index contributed by atoms with van der Waals surface area (Å²) in [5.74, 6) is 0.438. The predicted molar refractivity (Wildman–Crippen MR) is 166 cm³/mol. The lowest BCUT2D eigenvalue weighted by atomic mass is 9.71. The molecule has 0 bridgehead atoms. The fraction of sp³-hybridized carbons (Fsp3) is 0.548. The number of aryl methyl sites for hydroxylation is 1. The van der Waals surface area contributed by atoms with Crippen molar-refractivity contribution < 1.29 is 18.3 Å². The molecule has 1 unspecified atom stereocenters. The molecule has 8 nitrogen and oxygen atoms in total. The summed E-state index contributed by atoms with van der Waals surface area (Å²) in [6, 6.07) is 11.0. The Kier molecular flexibility index (Phi) is 8.49. The van der Waals surface area contributed by atoms with Crippen molar-refractivity contribution >= 4 is 43.2 Å². The van der Waals surface area contributed by atoms with Crippen LogP contribution in [0.4, 0.5) is 5.69 Å². The Morgan fingerprint density at radius 2 is 2.00 bits per heavy atom. The van der Waals surface area contributed by atoms with Crippen molar-refractivity contribution in [3.63, 3.8) is 0 Å². The molecule has 1 amide bonds. The summed E-state index contributed by atoms with van der Waals surface area (Å²) >= 11 is 1.41. The molecule has 0 spiro atoms. The highest BCUT2D eigenvalue weighted by atomic mass is 32.2. The molecular weight excluding hydrogens is 556 g/mol. The minimum Gasteiger partial charge on any atom is -0.394 e. The smallest absolute Gasteiger partial charge is 0.261 e. The van der Waals surface area contributed by atoms with Gasteiger partial charge in [-0.1, -0.05) is 32.9 Å². The van der Waals surface area contributed by atoms with Gasteiger partial charge in [-0.05, 0) is 98.2 Å². The number of carbonyl (C=O) groups is 1. The van der Waals surface area contributed by atoms with Crippen LogP contribution >= 0.6 is 11.3 Å². The normalized spacial score (nSPS) is 19.3. The molecule has 1 aromatic carbocycles. The number of aliphatic hydroxyl groups is 1. The monoisotopic (exact) mass is 598 g/mol. The van der Waals surface area contributed by atoms with E-state index < -0.39 is 10.0 Å². The summed E-state index contributed by atoms with van der Waals surface area (Å²) in [5.41, 5.74) is 3.72. The molecule has 222 valence electrons. The number of amides is 1. The van der Waals surface area contributed by atoms with Crippen LogP contribution < -0.4 is 15.4 Å². The number of carbonyl (C=O) groups excluding carboxylic acids is 1. The van der Waals surface area contributed by atoms with Gasteiger partial charge < -0.3 is 15.7 Å². The van der Waals surface area contributed by atoms with Gasteiger partial charge in [0.15, 0.2) is 0 Å². The molecule has 2 atom stereocenters. The van der Waals surface area contributed by atoms with Crippen LogP contribution in [-0.2, 0) is 22.9 Å². The lowest BCUT2D eigenvalue weighted by Crippen LogP contribution is -2.54. The Labute approximate surface area is 247 Å². The first-order valence-electron chi connectivity index (χ1n) is 14.5. The van der Waals surface area contributed by atoms with E-state index in [2.05, 4.69) is 42.2 Å². The molecule has 4 N–H and O–H groups in total. The van der Waals surface area contributed by atoms with Gasteiger partial charge in [0, 0.05) is 22.3 Å². The SMILES string of the molecule is CC(C)(C)[C@H]1CCc2nc3sc(C(=O)NC(CCNC4(CO)CCC4)c4cccc(NS(C)(=O)=O)c4)cc3cc2C1. The number of anilines is 1. The third-order valence-corrected chi connectivity index (χ3v) is 10.4. The van der Waals surface area contributed by atoms with Crippen LogP contribution in [0.3, 0.4) is 0 Å². The van der Waals surface area contributed by atoms with E-state index in [9.17, 15) is 18.3 Å². The van der Waals surface area contributed by atoms with E-state index in [0.29, 0.717) is 29.4 Å². The van der Waals surface area contributed by atoms with Crippen LogP contribution in [0.5, 0.6) is 0 Å². The molecule has 1 saturated carbocycles. The van der Waals surface area contributed by atoms with E-state index in [1.54, 1.807) is 18.2 Å². The lowest BCUT2D eigenvalue weighted by molar-refractivity contribution is 0.0862. The number of benzene rings is 1. The van der Waals surface area contributed by atoms with Crippen molar-refractivity contribution in [1.82, 2.24) is 15.6 Å². The van der Waals surface area contributed by atoms with Gasteiger partial charge in [0.05, 0.1) is 23.8 Å². The molecule has 0 radical (unpaired) electrons. The molecule has 0 aliphatic heterocycles. The standard InChI is InChI=1S/C31H42N4O4S2/c1-30(2,3)23-9-10-25-21(16-23)15-22-18-27(40-29(22)34-25)28(37)33-26(11-14-32-31(19-36)12-6-13-31)20-7-5-8-24(17-20)35-41(4,38)39/h5,7-8,15,17-18,23,26,32,35-36H,6,9-14,16,19H2,1-4H3,(H,33,37)/t23-,26?/m0/s1. The van der Waals surface area contributed by atoms with E-state index >= 15 is 0 Å². The Morgan fingerprint density at radius 1 is 1.22 bits per heavy atom. The maximum absolute atomic E-state index is 13.6. The van der Waals surface area contributed by atoms with Crippen LogP contribution in [-0.4, -0.2) is 49.4 Å². The average molecular weight is 599 g/mol. The van der Waals surface area contributed by atoms with Crippen LogP contribution in [0, 0.1) is 11.3 Å². The lowest BCUT2D eigenvalue weighted by Gasteiger charge is -2.41. The first kappa shape index (κ1) is 29.9. The number of aliphatic hydroxyl groups excluding tert-OH is 1. The summed E-state index contributed by atoms with van der Waals surface area (Å²) in [7, 11) is -3.44. The summed E-state index contributed by atoms with van der Waals surface area (Å²) in [4.78, 5) is 20.1. The van der Waals surface area contributed by atoms with E-state index in [1.807, 2.05) is 12.1 Å². The minimum atomic E-state index is -3.44. The zero-order valence-corrected chi connectivity index (χ0v) is 26.1. The van der Waals surface area contributed by atoms with Crippen molar-refractivity contribution in [3.8, 4) is 0 Å². The quantitative estimate of drug-likeness (QED) is 0.255. The molecular formula is C31H42N4O4S2. The summed E-state index contributed by atoms with van der Waals surface area (Å²) in [6.07, 6.45) is 7.78. The number of hydrogen-bond donors (Lipinski definition) is 4. The number of sulfonamides is 1. The van der Waals surface area contributed by atoms with Crippen molar-refractivity contribution in [2.45, 2.75) is 77.3 Å². The van der Waals surface area contributed by atoms with Crippen molar-refractivity contribution in [1.29, 1.82) is 0 Å². The number of aromatic nitrogens is 1. The van der Waals surface area contributed by atoms with E-state index in [0.717, 1.165) is 66.3 Å². The highest BCUT2D eigenvalue weighted by Gasteiger charge is 2.35. The molecule has 41 heavy (non-hydrogen) atoms. The maximum Gasteiger partial charge on any atom is 0.261 e. The number of nitrogens with zero attached hydrogens (tertiary/aromatic N) is 1. The number of thiophene rings is 1. The van der Waals surface area contributed by atoms with Gasteiger partial charge in [-0.25, -0.2) is 13.4 Å². The summed E-state index contributed by atoms with van der Waals surface area (Å²) in [6.45, 7) is 7.60. The fourth-order valence-electron chi connectivity index (χ4n) is 6.03. The van der Waals surface area contributed by atoms with E-state index in [-0.39, 0.29) is 29.5 Å². The van der Waals surface area contributed by atoms with E-state index in [1.165, 1.54) is 16.9 Å². The molecule has 10 heteroatoms. The third-order valence-electron chi connectivity index (χ3n) is 8.77. The maximum atomic E-state index is 13.6. The third kappa shape index (κ3) is 7.10. The zero-order valence-electron chi connectivity index (χ0n) is 24.4. The van der Waals surface area contributed by atoms with Gasteiger partial charge in [0.25, 0.3) is 5.91 Å². The zero-order chi connectivity index (χ0) is 29.4. The van der Waals surface area contributed by atoms with Crippen LogP contribution in [0.25, 0.3) is 10.2 Å². The Hall–Kier alpha value is -2.53. The molecule has 2 heterocycles. The summed E-state index contributed by atoms with van der Waals surface area (Å²) in [5, 5.41) is 17.6. The summed E-state index contributed by atoms with van der Waals surface area (Å²) < 4.78 is 26.2. The van der Waals surface area contributed by atoms with E-state index in [4.69, 9.17) is 4.98 Å². The van der Waals surface area contributed by atoms with Crippen LogP contribution in [0.15, 0.2) is 36.4 Å². The Bertz CT molecular complexity index is 1520. The van der Waals surface area contributed by atoms with Gasteiger partial charge in [-0.3, -0.25) is 9.52 Å². The second kappa shape index (κ2) is 11.6. The minimum absolute atomic E-state index is 0.0903. The number of fused-ring (bicyclic) bond motifs is 2. The van der Waals surface area contributed by atoms with Crippen molar-refractivity contribution in [2.75, 3.05) is 24.1 Å². The molecule has 2 aliphatic rings. The molecule has 5 rings (SSSR count). The predicted octanol–water partition coefficient (Wildman–Crippen LogP) is 5.18. The topological polar surface area (TPSA) is 120 Å². The van der Waals surface area contributed by atoms with Crippen molar-refractivity contribution in [2.24, 2.45) is 11.3 Å². The second-order valence-corrected chi connectivity index (χ2v) is 15.7. The largest absolute Gasteiger partial charge is 0.394 e. The number of hydrogen-bond acceptors (Lipinski definition) is 7. The van der Waals surface area contributed by atoms with Gasteiger partial charge in [-0.2, -0.15) is 0 Å². The Balaban J connectivity index is 1.36. The Morgan fingerprint density at radius 3 is 2.66 bits per heavy atom. The molecule has 2 aromatic heterocycles. The van der Waals surface area contributed by atoms with Gasteiger partial charge >= 0.3 is 0 Å². The van der Waals surface area contributed by atoms with Gasteiger partial charge in [0.2, 0.25) is 10.0 Å². The van der Waals surface area contributed by atoms with Gasteiger partial charge in [0.1, 0.15) is 4.83 Å². The average Bonchev–Trinajstić information content (AvgIpc) is 3.29. The molecule has 2 aliphatic carbocycles. The molecule has 0 saturated heterocycles. The van der Waals surface area contributed by atoms with Crippen LogP contribution in [0.2, 0.25) is 0 Å². The highest BCUT2D eigenvalue weighted by Crippen LogP contribution is 2.38. The highest BCUT2D eigenvalue weighted by molar-refractivity contribution is 7.92. The molecule has 1 fully saturated rings. The molecule has 3 aromatic rings. The van der Waals surface area contributed by atoms with Crippen molar-refractivity contribution in [3.05, 3.63) is 58.1 Å². The number of pyridine rings is 1. The van der Waals surface area contributed by atoms with Crippen LogP contribution in [0.1, 0.15) is 85.4 Å². The number of rotatable bonds is 10. The first-order valence-corrected chi connectivity index (χ1v) is 17.2. The number of nitrogens with one attached hydrogen (secondary N) is 3. The fourth-order valence-corrected chi connectivity index (χ4v) is 7.53. The second-order valence-electron chi connectivity index (χ2n) is 12.9. The van der Waals surface area contributed by atoms with Gasteiger partial charge in [-0.15, -0.1) is 11.3 Å².